The van der Waals surface area contributed by atoms with E-state index in [-0.39, 0.29) is 17.1 Å². The van der Waals surface area contributed by atoms with Crippen LogP contribution < -0.4 is 4.74 Å². The number of allylic oxidation sites excluding steroid dienone is 1. The minimum absolute atomic E-state index is 0.0933. The molecule has 0 radical (unpaired) electrons. The van der Waals surface area contributed by atoms with Crippen LogP contribution in [0.4, 0.5) is 0 Å². The summed E-state index contributed by atoms with van der Waals surface area (Å²) in [5, 5.41) is 27.0. The summed E-state index contributed by atoms with van der Waals surface area (Å²) in [6.07, 6.45) is 1.29. The average Bonchev–Trinajstić information content (AvgIpc) is 2.30. The van der Waals surface area contributed by atoms with E-state index in [9.17, 15) is 5.11 Å². The maximum Gasteiger partial charge on any atom is 0.166 e. The topological polar surface area (TPSA) is 77.0 Å². The lowest BCUT2D eigenvalue weighted by Crippen LogP contribution is -1.87. The van der Waals surface area contributed by atoms with Crippen molar-refractivity contribution >= 4 is 22.0 Å². The third kappa shape index (κ3) is 2.33. The Kier molecular flexibility index (Phi) is 3.93. The lowest BCUT2D eigenvalue weighted by Gasteiger charge is -2.07. The fourth-order valence-corrected chi connectivity index (χ4v) is 1.53. The van der Waals surface area contributed by atoms with Crippen LogP contribution in [0.1, 0.15) is 5.56 Å². The van der Waals surface area contributed by atoms with Crippen LogP contribution in [0.5, 0.6) is 11.5 Å². The van der Waals surface area contributed by atoms with E-state index in [1.165, 1.54) is 13.2 Å². The number of ether oxygens (including phenoxy) is 1. The smallest absolute Gasteiger partial charge is 0.166 e. The highest BCUT2D eigenvalue weighted by molar-refractivity contribution is 9.10. The quantitative estimate of drug-likeness (QED) is 0.844. The highest BCUT2D eigenvalue weighted by Crippen LogP contribution is 2.36. The summed E-state index contributed by atoms with van der Waals surface area (Å²) < 4.78 is 5.50. The lowest BCUT2D eigenvalue weighted by molar-refractivity contribution is 0.372. The van der Waals surface area contributed by atoms with Crippen molar-refractivity contribution in [2.75, 3.05) is 7.11 Å². The molecule has 0 spiro atoms. The molecule has 1 N–H and O–H groups in total. The summed E-state index contributed by atoms with van der Waals surface area (Å²) in [6.45, 7) is 0. The Bertz CT molecular complexity index is 508. The van der Waals surface area contributed by atoms with Crippen molar-refractivity contribution in [1.82, 2.24) is 0 Å². The van der Waals surface area contributed by atoms with Gasteiger partial charge < -0.3 is 9.84 Å². The van der Waals surface area contributed by atoms with E-state index in [1.54, 1.807) is 24.3 Å². The van der Waals surface area contributed by atoms with Crippen molar-refractivity contribution < 1.29 is 9.84 Å². The van der Waals surface area contributed by atoms with E-state index < -0.39 is 0 Å². The Morgan fingerprint density at radius 2 is 2.06 bits per heavy atom. The standard InChI is InChI=1S/C11H7BrN2O2/c1-16-10-3-2-9(12)8(11(10)15)4-7(5-13)6-14/h2-4,15H,1H3. The van der Waals surface area contributed by atoms with Gasteiger partial charge in [0.15, 0.2) is 11.5 Å². The van der Waals surface area contributed by atoms with Gasteiger partial charge in [0.1, 0.15) is 17.7 Å². The van der Waals surface area contributed by atoms with Gasteiger partial charge in [0.25, 0.3) is 0 Å². The number of benzene rings is 1. The molecule has 0 amide bonds. The zero-order valence-corrected chi connectivity index (χ0v) is 9.95. The van der Waals surface area contributed by atoms with Crippen LogP contribution in [-0.4, -0.2) is 12.2 Å². The number of halogens is 1. The summed E-state index contributed by atoms with van der Waals surface area (Å²) in [6, 6.07) is 6.68. The van der Waals surface area contributed by atoms with Gasteiger partial charge in [0, 0.05) is 10.0 Å². The molecule has 0 atom stereocenters. The number of nitriles is 2. The van der Waals surface area contributed by atoms with Gasteiger partial charge in [-0.25, -0.2) is 0 Å². The maximum atomic E-state index is 9.79. The predicted molar refractivity (Wildman–Crippen MR) is 61.6 cm³/mol. The summed E-state index contributed by atoms with van der Waals surface area (Å²) in [4.78, 5) is 0. The number of rotatable bonds is 2. The minimum atomic E-state index is -0.111. The number of nitrogens with zero attached hydrogens (tertiary/aromatic N) is 2. The fourth-order valence-electron chi connectivity index (χ4n) is 1.10. The predicted octanol–water partition coefficient (Wildman–Crippen LogP) is 2.59. The summed E-state index contributed by atoms with van der Waals surface area (Å²) in [5.41, 5.74) is 0.252. The molecule has 1 rings (SSSR count). The average molecular weight is 279 g/mol. The van der Waals surface area contributed by atoms with Crippen LogP contribution in [0.15, 0.2) is 22.2 Å². The zero-order valence-electron chi connectivity index (χ0n) is 8.36. The molecule has 1 aromatic carbocycles. The van der Waals surface area contributed by atoms with Crippen molar-refractivity contribution in [3.8, 4) is 23.6 Å². The van der Waals surface area contributed by atoms with Crippen molar-refractivity contribution in [1.29, 1.82) is 10.5 Å². The molecule has 0 aliphatic carbocycles. The fraction of sp³-hybridized carbons (Fsp3) is 0.0909. The van der Waals surface area contributed by atoms with Crippen LogP contribution >= 0.6 is 15.9 Å². The highest BCUT2D eigenvalue weighted by atomic mass is 79.9. The largest absolute Gasteiger partial charge is 0.504 e. The van der Waals surface area contributed by atoms with Gasteiger partial charge in [-0.15, -0.1) is 0 Å². The molecular formula is C11H7BrN2O2. The first kappa shape index (κ1) is 12.1. The van der Waals surface area contributed by atoms with Gasteiger partial charge in [-0.3, -0.25) is 0 Å². The molecule has 0 heterocycles. The van der Waals surface area contributed by atoms with Crippen LogP contribution in [-0.2, 0) is 0 Å². The molecule has 0 bridgehead atoms. The molecule has 80 valence electrons. The van der Waals surface area contributed by atoms with E-state index in [1.807, 2.05) is 0 Å². The van der Waals surface area contributed by atoms with Gasteiger partial charge >= 0.3 is 0 Å². The molecule has 0 saturated heterocycles. The SMILES string of the molecule is COc1ccc(Br)c(C=C(C#N)C#N)c1O. The summed E-state index contributed by atoms with van der Waals surface area (Å²) in [7, 11) is 1.42. The first-order valence-electron chi connectivity index (χ1n) is 4.21. The van der Waals surface area contributed by atoms with Crippen molar-refractivity contribution in [2.45, 2.75) is 0 Å². The Morgan fingerprint density at radius 3 is 2.56 bits per heavy atom. The van der Waals surface area contributed by atoms with Crippen molar-refractivity contribution in [3.05, 3.63) is 27.7 Å². The molecule has 0 aliphatic heterocycles. The molecule has 0 aromatic heterocycles. The Balaban J connectivity index is 3.41. The van der Waals surface area contributed by atoms with Crippen LogP contribution in [0.25, 0.3) is 6.08 Å². The van der Waals surface area contributed by atoms with Gasteiger partial charge in [-0.1, -0.05) is 15.9 Å². The van der Waals surface area contributed by atoms with Gasteiger partial charge in [0.05, 0.1) is 7.11 Å². The Morgan fingerprint density at radius 1 is 1.44 bits per heavy atom. The zero-order chi connectivity index (χ0) is 12.1. The molecule has 16 heavy (non-hydrogen) atoms. The minimum Gasteiger partial charge on any atom is -0.504 e. The van der Waals surface area contributed by atoms with E-state index >= 15 is 0 Å². The van der Waals surface area contributed by atoms with Crippen LogP contribution in [0.3, 0.4) is 0 Å². The molecule has 0 saturated carbocycles. The second kappa shape index (κ2) is 5.20. The third-order valence-corrected chi connectivity index (χ3v) is 2.57. The molecule has 0 aliphatic rings. The van der Waals surface area contributed by atoms with Crippen molar-refractivity contribution in [2.24, 2.45) is 0 Å². The van der Waals surface area contributed by atoms with E-state index in [4.69, 9.17) is 15.3 Å². The second-order valence-electron chi connectivity index (χ2n) is 2.79. The summed E-state index contributed by atoms with van der Waals surface area (Å²) in [5.74, 6) is 0.171. The number of phenols is 1. The van der Waals surface area contributed by atoms with Gasteiger partial charge in [-0.2, -0.15) is 10.5 Å². The Hall–Kier alpha value is -1.98. The molecule has 4 nitrogen and oxygen atoms in total. The summed E-state index contributed by atoms with van der Waals surface area (Å²) >= 11 is 3.22. The van der Waals surface area contributed by atoms with E-state index in [0.29, 0.717) is 10.0 Å². The molecule has 0 unspecified atom stereocenters. The number of phenolic OH excluding ortho intramolecular Hbond substituents is 1. The van der Waals surface area contributed by atoms with Gasteiger partial charge in [-0.05, 0) is 18.2 Å². The monoisotopic (exact) mass is 278 g/mol. The van der Waals surface area contributed by atoms with Crippen LogP contribution in [0.2, 0.25) is 0 Å². The number of aromatic hydroxyl groups is 1. The molecular weight excluding hydrogens is 272 g/mol. The lowest BCUT2D eigenvalue weighted by atomic mass is 10.1. The third-order valence-electron chi connectivity index (χ3n) is 1.88. The van der Waals surface area contributed by atoms with Crippen LogP contribution in [0, 0.1) is 22.7 Å². The highest BCUT2D eigenvalue weighted by Gasteiger charge is 2.10. The maximum absolute atomic E-state index is 9.79. The van der Waals surface area contributed by atoms with Crippen molar-refractivity contribution in [3.63, 3.8) is 0 Å². The number of hydrogen-bond donors (Lipinski definition) is 1. The first-order chi connectivity index (χ1) is 7.63. The second-order valence-corrected chi connectivity index (χ2v) is 3.65. The van der Waals surface area contributed by atoms with E-state index in [0.717, 1.165) is 0 Å². The normalized spacial score (nSPS) is 8.75. The first-order valence-corrected chi connectivity index (χ1v) is 5.00. The van der Waals surface area contributed by atoms with Gasteiger partial charge in [0.2, 0.25) is 0 Å². The number of methoxy groups -OCH3 is 1. The molecule has 0 fully saturated rings. The number of hydrogen-bond acceptors (Lipinski definition) is 4. The Labute approximate surface area is 101 Å². The molecule has 1 aromatic rings. The van der Waals surface area contributed by atoms with E-state index in [2.05, 4.69) is 15.9 Å². The molecule has 5 heteroatoms.